The minimum atomic E-state index is -1.41. The summed E-state index contributed by atoms with van der Waals surface area (Å²) in [6, 6.07) is 9.47. The Kier molecular flexibility index (Phi) is 9.35. The first-order chi connectivity index (χ1) is 14.4. The third kappa shape index (κ3) is 6.86. The summed E-state index contributed by atoms with van der Waals surface area (Å²) in [6.07, 6.45) is 6.64. The fraction of sp³-hybridized carbons (Fsp3) is 0.458. The summed E-state index contributed by atoms with van der Waals surface area (Å²) in [6.45, 7) is 4.03. The Hall–Kier alpha value is -2.36. The largest absolute Gasteiger partial charge is 0.494 e. The molecule has 2 rings (SSSR count). The Morgan fingerprint density at radius 1 is 1.30 bits per heavy atom. The van der Waals surface area contributed by atoms with E-state index in [0.717, 1.165) is 41.2 Å². The fourth-order valence-corrected chi connectivity index (χ4v) is 4.02. The molecule has 0 bridgehead atoms. The SMILES string of the molecule is CCCC1=C(OCCCSc2ccc(C(=O)CCC#N)cc2)C=CC(O)(C(C)=O)C1. The van der Waals surface area contributed by atoms with Crippen LogP contribution in [0.15, 0.2) is 52.6 Å². The summed E-state index contributed by atoms with van der Waals surface area (Å²) in [5.74, 6) is 1.39. The van der Waals surface area contributed by atoms with E-state index in [4.69, 9.17) is 10.00 Å². The molecule has 30 heavy (non-hydrogen) atoms. The Labute approximate surface area is 182 Å². The number of aliphatic hydroxyl groups is 1. The zero-order chi connectivity index (χ0) is 22.0. The minimum Gasteiger partial charge on any atom is -0.494 e. The van der Waals surface area contributed by atoms with Crippen LogP contribution in [0.1, 0.15) is 62.7 Å². The quantitative estimate of drug-likeness (QED) is 0.287. The number of thioether (sulfide) groups is 1. The first kappa shape index (κ1) is 23.9. The van der Waals surface area contributed by atoms with E-state index in [1.165, 1.54) is 13.0 Å². The lowest BCUT2D eigenvalue weighted by atomic mass is 9.84. The van der Waals surface area contributed by atoms with E-state index in [-0.39, 0.29) is 24.4 Å². The number of carbonyl (C=O) groups is 2. The summed E-state index contributed by atoms with van der Waals surface area (Å²) < 4.78 is 5.93. The standard InChI is InChI=1S/C24H29NO4S/c1-3-6-20-17-24(28,18(2)26)13-12-23(20)29-15-5-16-30-21-10-8-19(9-11-21)22(27)7-4-14-25/h8-13,28H,3-7,15-17H2,1-2H3. The summed E-state index contributed by atoms with van der Waals surface area (Å²) in [5.41, 5.74) is 0.222. The summed E-state index contributed by atoms with van der Waals surface area (Å²) >= 11 is 1.70. The van der Waals surface area contributed by atoms with Gasteiger partial charge in [0.2, 0.25) is 0 Å². The van der Waals surface area contributed by atoms with Crippen LogP contribution < -0.4 is 0 Å². The molecule has 0 radical (unpaired) electrons. The van der Waals surface area contributed by atoms with Crippen molar-refractivity contribution in [1.82, 2.24) is 0 Å². The van der Waals surface area contributed by atoms with Crippen LogP contribution in [-0.4, -0.2) is 34.6 Å². The number of nitriles is 1. The van der Waals surface area contributed by atoms with Gasteiger partial charge in [0.25, 0.3) is 0 Å². The molecule has 1 aliphatic rings. The first-order valence-corrected chi connectivity index (χ1v) is 11.3. The van der Waals surface area contributed by atoms with Gasteiger partial charge in [-0.25, -0.2) is 0 Å². The van der Waals surface area contributed by atoms with E-state index in [0.29, 0.717) is 18.6 Å². The number of benzene rings is 1. The zero-order valence-electron chi connectivity index (χ0n) is 17.6. The number of Topliss-reactive ketones (excluding diaryl/α,β-unsaturated/α-hetero) is 2. The van der Waals surface area contributed by atoms with Gasteiger partial charge in [0.05, 0.1) is 12.7 Å². The van der Waals surface area contributed by atoms with Crippen molar-refractivity contribution in [3.05, 3.63) is 53.3 Å². The van der Waals surface area contributed by atoms with Gasteiger partial charge in [-0.15, -0.1) is 11.8 Å². The lowest BCUT2D eigenvalue weighted by molar-refractivity contribution is -0.130. The smallest absolute Gasteiger partial charge is 0.165 e. The maximum absolute atomic E-state index is 11.9. The molecule has 0 spiro atoms. The van der Waals surface area contributed by atoms with Crippen LogP contribution in [0.5, 0.6) is 0 Å². The van der Waals surface area contributed by atoms with E-state index in [1.807, 2.05) is 30.3 Å². The van der Waals surface area contributed by atoms with Crippen molar-refractivity contribution in [3.8, 4) is 6.07 Å². The molecule has 0 saturated heterocycles. The molecule has 0 saturated carbocycles. The molecular formula is C24H29NO4S. The van der Waals surface area contributed by atoms with Crippen molar-refractivity contribution >= 4 is 23.3 Å². The number of hydrogen-bond donors (Lipinski definition) is 1. The molecule has 160 valence electrons. The average molecular weight is 428 g/mol. The first-order valence-electron chi connectivity index (χ1n) is 10.3. The van der Waals surface area contributed by atoms with Gasteiger partial charge in [0, 0.05) is 35.5 Å². The number of nitrogens with zero attached hydrogens (tertiary/aromatic N) is 1. The van der Waals surface area contributed by atoms with E-state index in [9.17, 15) is 14.7 Å². The fourth-order valence-electron chi connectivity index (χ4n) is 3.19. The monoisotopic (exact) mass is 427 g/mol. The van der Waals surface area contributed by atoms with Gasteiger partial charge in [0.1, 0.15) is 11.4 Å². The average Bonchev–Trinajstić information content (AvgIpc) is 2.73. The Morgan fingerprint density at radius 3 is 2.67 bits per heavy atom. The Balaban J connectivity index is 1.79. The molecule has 1 aliphatic carbocycles. The Morgan fingerprint density at radius 2 is 2.03 bits per heavy atom. The van der Waals surface area contributed by atoms with E-state index in [1.54, 1.807) is 17.8 Å². The van der Waals surface area contributed by atoms with Crippen LogP contribution in [0, 0.1) is 11.3 Å². The third-order valence-electron chi connectivity index (χ3n) is 4.96. The maximum atomic E-state index is 11.9. The highest BCUT2D eigenvalue weighted by molar-refractivity contribution is 7.99. The second-order valence-corrected chi connectivity index (χ2v) is 8.53. The highest BCUT2D eigenvalue weighted by Crippen LogP contribution is 2.31. The molecule has 1 aromatic rings. The highest BCUT2D eigenvalue weighted by atomic mass is 32.2. The molecule has 5 nitrogen and oxygen atoms in total. The summed E-state index contributed by atoms with van der Waals surface area (Å²) in [4.78, 5) is 24.7. The number of carbonyl (C=O) groups excluding carboxylic acids is 2. The number of hydrogen-bond acceptors (Lipinski definition) is 6. The number of allylic oxidation sites excluding steroid dienone is 1. The summed E-state index contributed by atoms with van der Waals surface area (Å²) in [7, 11) is 0. The molecule has 0 heterocycles. The normalized spacial score (nSPS) is 18.2. The van der Waals surface area contributed by atoms with Crippen molar-refractivity contribution in [1.29, 1.82) is 5.26 Å². The topological polar surface area (TPSA) is 87.4 Å². The van der Waals surface area contributed by atoms with Crippen molar-refractivity contribution in [3.63, 3.8) is 0 Å². The number of ketones is 2. The predicted molar refractivity (Wildman–Crippen MR) is 118 cm³/mol. The molecule has 0 fully saturated rings. The van der Waals surface area contributed by atoms with E-state index in [2.05, 4.69) is 6.92 Å². The van der Waals surface area contributed by atoms with Crippen molar-refractivity contribution in [2.75, 3.05) is 12.4 Å². The second-order valence-electron chi connectivity index (χ2n) is 7.36. The van der Waals surface area contributed by atoms with E-state index < -0.39 is 5.60 Å². The molecule has 1 unspecified atom stereocenters. The molecule has 0 amide bonds. The minimum absolute atomic E-state index is 0.00475. The van der Waals surface area contributed by atoms with Crippen LogP contribution in [-0.2, 0) is 9.53 Å². The van der Waals surface area contributed by atoms with Crippen LogP contribution >= 0.6 is 11.8 Å². The lowest BCUT2D eigenvalue weighted by Gasteiger charge is -2.28. The third-order valence-corrected chi connectivity index (χ3v) is 6.06. The molecule has 0 aromatic heterocycles. The molecule has 1 atom stereocenters. The molecule has 6 heteroatoms. The van der Waals surface area contributed by atoms with Gasteiger partial charge in [-0.3, -0.25) is 9.59 Å². The van der Waals surface area contributed by atoms with Gasteiger partial charge in [-0.1, -0.05) is 25.5 Å². The number of rotatable bonds is 12. The lowest BCUT2D eigenvalue weighted by Crippen LogP contribution is -2.37. The predicted octanol–water partition coefficient (Wildman–Crippen LogP) is 5.01. The van der Waals surface area contributed by atoms with Crippen LogP contribution in [0.25, 0.3) is 0 Å². The van der Waals surface area contributed by atoms with Crippen LogP contribution in [0.3, 0.4) is 0 Å². The zero-order valence-corrected chi connectivity index (χ0v) is 18.5. The van der Waals surface area contributed by atoms with Gasteiger partial charge in [-0.2, -0.15) is 5.26 Å². The van der Waals surface area contributed by atoms with Gasteiger partial charge < -0.3 is 9.84 Å². The van der Waals surface area contributed by atoms with Gasteiger partial charge >= 0.3 is 0 Å². The molecule has 0 aliphatic heterocycles. The summed E-state index contributed by atoms with van der Waals surface area (Å²) in [5, 5.41) is 19.0. The molecular weight excluding hydrogens is 398 g/mol. The van der Waals surface area contributed by atoms with Crippen LogP contribution in [0.2, 0.25) is 0 Å². The molecule has 1 N–H and O–H groups in total. The maximum Gasteiger partial charge on any atom is 0.165 e. The van der Waals surface area contributed by atoms with Crippen molar-refractivity contribution in [2.45, 2.75) is 62.9 Å². The van der Waals surface area contributed by atoms with Gasteiger partial charge in [-0.05, 0) is 49.6 Å². The highest BCUT2D eigenvalue weighted by Gasteiger charge is 2.34. The van der Waals surface area contributed by atoms with Crippen molar-refractivity contribution in [2.24, 2.45) is 0 Å². The van der Waals surface area contributed by atoms with Crippen LogP contribution in [0.4, 0.5) is 0 Å². The molecule has 1 aromatic carbocycles. The van der Waals surface area contributed by atoms with E-state index >= 15 is 0 Å². The number of ether oxygens (including phenoxy) is 1. The second kappa shape index (κ2) is 11.7. The van der Waals surface area contributed by atoms with Crippen molar-refractivity contribution < 1.29 is 19.4 Å². The van der Waals surface area contributed by atoms with Gasteiger partial charge in [0.15, 0.2) is 11.6 Å². The Bertz CT molecular complexity index is 851.